The number of benzene rings is 2. The number of halogens is 1. The number of aromatic nitrogens is 3. The van der Waals surface area contributed by atoms with Crippen LogP contribution in [-0.2, 0) is 11.8 Å². The van der Waals surface area contributed by atoms with Gasteiger partial charge in [0.05, 0.1) is 25.2 Å². The van der Waals surface area contributed by atoms with E-state index in [1.165, 1.54) is 11.8 Å². The van der Waals surface area contributed by atoms with Crippen LogP contribution >= 0.6 is 23.4 Å². The lowest BCUT2D eigenvalue weighted by atomic mass is 10.2. The standard InChI is InChI=1S/C22H25ClN4O3S/c1-4-5-12-30-17-9-6-15(7-10-17)21-25-26-22(27(21)2)31-14-20(28)24-18-13-16(23)8-11-19(18)29-3/h6-11,13H,4-5,12,14H2,1-3H3,(H,24,28). The van der Waals surface area contributed by atoms with Crippen LogP contribution in [-0.4, -0.2) is 40.1 Å². The van der Waals surface area contributed by atoms with Gasteiger partial charge in [-0.3, -0.25) is 4.79 Å². The summed E-state index contributed by atoms with van der Waals surface area (Å²) >= 11 is 7.31. The second-order valence-corrected chi connectivity index (χ2v) is 8.15. The number of nitrogens with zero attached hydrogens (tertiary/aromatic N) is 3. The van der Waals surface area contributed by atoms with E-state index in [0.29, 0.717) is 28.2 Å². The van der Waals surface area contributed by atoms with Gasteiger partial charge in [-0.15, -0.1) is 10.2 Å². The van der Waals surface area contributed by atoms with Crippen molar-refractivity contribution in [3.05, 3.63) is 47.5 Å². The molecule has 9 heteroatoms. The summed E-state index contributed by atoms with van der Waals surface area (Å²) in [5, 5.41) is 12.5. The number of carbonyl (C=O) groups excluding carboxylic acids is 1. The third kappa shape index (κ3) is 6.15. The molecule has 3 rings (SSSR count). The van der Waals surface area contributed by atoms with Gasteiger partial charge in [0.15, 0.2) is 11.0 Å². The van der Waals surface area contributed by atoms with E-state index in [9.17, 15) is 4.79 Å². The van der Waals surface area contributed by atoms with Crippen molar-refractivity contribution in [3.63, 3.8) is 0 Å². The van der Waals surface area contributed by atoms with Crippen LogP contribution in [0.4, 0.5) is 5.69 Å². The third-order valence-corrected chi connectivity index (χ3v) is 5.74. The first kappa shape index (κ1) is 23.0. The highest BCUT2D eigenvalue weighted by Crippen LogP contribution is 2.28. The molecule has 0 fully saturated rings. The van der Waals surface area contributed by atoms with Crippen LogP contribution in [0, 0.1) is 0 Å². The Morgan fingerprint density at radius 2 is 1.97 bits per heavy atom. The van der Waals surface area contributed by atoms with Gasteiger partial charge in [0.1, 0.15) is 11.5 Å². The van der Waals surface area contributed by atoms with Gasteiger partial charge in [-0.1, -0.05) is 36.7 Å². The molecule has 3 aromatic rings. The average Bonchev–Trinajstić information content (AvgIpc) is 3.13. The molecule has 0 saturated heterocycles. The van der Waals surface area contributed by atoms with Gasteiger partial charge in [-0.2, -0.15) is 0 Å². The smallest absolute Gasteiger partial charge is 0.234 e. The van der Waals surface area contributed by atoms with Crippen LogP contribution in [0.1, 0.15) is 19.8 Å². The number of methoxy groups -OCH3 is 1. The summed E-state index contributed by atoms with van der Waals surface area (Å²) in [7, 11) is 3.42. The number of amides is 1. The Hall–Kier alpha value is -2.71. The maximum Gasteiger partial charge on any atom is 0.234 e. The van der Waals surface area contributed by atoms with E-state index in [0.717, 1.165) is 30.0 Å². The number of carbonyl (C=O) groups is 1. The zero-order valence-corrected chi connectivity index (χ0v) is 19.3. The van der Waals surface area contributed by atoms with Crippen LogP contribution in [0.5, 0.6) is 11.5 Å². The van der Waals surface area contributed by atoms with Gasteiger partial charge in [0.2, 0.25) is 5.91 Å². The molecule has 0 atom stereocenters. The molecule has 1 heterocycles. The predicted molar refractivity (Wildman–Crippen MR) is 124 cm³/mol. The van der Waals surface area contributed by atoms with Crippen molar-refractivity contribution in [1.29, 1.82) is 0 Å². The fraction of sp³-hybridized carbons (Fsp3) is 0.318. The molecule has 2 aromatic carbocycles. The fourth-order valence-corrected chi connectivity index (χ4v) is 3.70. The number of nitrogens with one attached hydrogen (secondary N) is 1. The number of hydrogen-bond acceptors (Lipinski definition) is 6. The van der Waals surface area contributed by atoms with E-state index in [1.807, 2.05) is 35.9 Å². The van der Waals surface area contributed by atoms with Gasteiger partial charge < -0.3 is 19.4 Å². The predicted octanol–water partition coefficient (Wildman–Crippen LogP) is 5.05. The molecule has 0 bridgehead atoms. The molecule has 0 radical (unpaired) electrons. The van der Waals surface area contributed by atoms with Crippen LogP contribution in [0.2, 0.25) is 5.02 Å². The normalized spacial score (nSPS) is 10.7. The molecule has 0 aliphatic rings. The molecule has 31 heavy (non-hydrogen) atoms. The molecule has 1 N–H and O–H groups in total. The van der Waals surface area contributed by atoms with Gasteiger partial charge in [0, 0.05) is 17.6 Å². The van der Waals surface area contributed by atoms with Gasteiger partial charge in [-0.25, -0.2) is 0 Å². The molecular formula is C22H25ClN4O3S. The summed E-state index contributed by atoms with van der Waals surface area (Å²) in [6, 6.07) is 12.8. The van der Waals surface area contributed by atoms with Crippen LogP contribution in [0.3, 0.4) is 0 Å². The fourth-order valence-electron chi connectivity index (χ4n) is 2.82. The van der Waals surface area contributed by atoms with Crippen molar-refractivity contribution in [2.75, 3.05) is 24.8 Å². The van der Waals surface area contributed by atoms with Gasteiger partial charge >= 0.3 is 0 Å². The number of rotatable bonds is 10. The van der Waals surface area contributed by atoms with Crippen molar-refractivity contribution >= 4 is 35.0 Å². The lowest BCUT2D eigenvalue weighted by Gasteiger charge is -2.10. The van der Waals surface area contributed by atoms with Crippen molar-refractivity contribution in [3.8, 4) is 22.9 Å². The molecule has 0 aliphatic carbocycles. The topological polar surface area (TPSA) is 78.3 Å². The van der Waals surface area contributed by atoms with Crippen molar-refractivity contribution in [2.24, 2.45) is 7.05 Å². The highest BCUT2D eigenvalue weighted by Gasteiger charge is 2.14. The molecule has 0 unspecified atom stereocenters. The maximum absolute atomic E-state index is 12.4. The average molecular weight is 461 g/mol. The van der Waals surface area contributed by atoms with Crippen LogP contribution in [0.15, 0.2) is 47.6 Å². The Labute approximate surface area is 191 Å². The number of thioether (sulfide) groups is 1. The quantitative estimate of drug-likeness (QED) is 0.337. The zero-order chi connectivity index (χ0) is 22.2. The molecular weight excluding hydrogens is 436 g/mol. The van der Waals surface area contributed by atoms with E-state index < -0.39 is 0 Å². The minimum Gasteiger partial charge on any atom is -0.495 e. The highest BCUT2D eigenvalue weighted by atomic mass is 35.5. The monoisotopic (exact) mass is 460 g/mol. The molecule has 1 amide bonds. The Morgan fingerprint density at radius 3 is 2.68 bits per heavy atom. The Bertz CT molecular complexity index is 1020. The van der Waals surface area contributed by atoms with Crippen LogP contribution < -0.4 is 14.8 Å². The third-order valence-electron chi connectivity index (χ3n) is 4.48. The Balaban J connectivity index is 1.60. The van der Waals surface area contributed by atoms with Gasteiger partial charge in [0.25, 0.3) is 0 Å². The number of hydrogen-bond donors (Lipinski definition) is 1. The molecule has 164 valence electrons. The van der Waals surface area contributed by atoms with E-state index >= 15 is 0 Å². The first-order valence-electron chi connectivity index (χ1n) is 9.90. The number of unbranched alkanes of at least 4 members (excludes halogenated alkanes) is 1. The van der Waals surface area contributed by atoms with Crippen molar-refractivity contribution in [2.45, 2.75) is 24.9 Å². The van der Waals surface area contributed by atoms with Crippen molar-refractivity contribution in [1.82, 2.24) is 14.8 Å². The Kier molecular flexibility index (Phi) is 8.20. The molecule has 0 saturated carbocycles. The van der Waals surface area contributed by atoms with E-state index in [1.54, 1.807) is 25.3 Å². The second kappa shape index (κ2) is 11.1. The van der Waals surface area contributed by atoms with Crippen LogP contribution in [0.25, 0.3) is 11.4 Å². The highest BCUT2D eigenvalue weighted by molar-refractivity contribution is 7.99. The number of ether oxygens (including phenoxy) is 2. The SMILES string of the molecule is CCCCOc1ccc(-c2nnc(SCC(=O)Nc3cc(Cl)ccc3OC)n2C)cc1. The first-order valence-corrected chi connectivity index (χ1v) is 11.3. The first-order chi connectivity index (χ1) is 15.0. The van der Waals surface area contributed by atoms with E-state index in [2.05, 4.69) is 22.4 Å². The molecule has 0 aliphatic heterocycles. The van der Waals surface area contributed by atoms with Crippen molar-refractivity contribution < 1.29 is 14.3 Å². The number of anilines is 1. The lowest BCUT2D eigenvalue weighted by Crippen LogP contribution is -2.15. The summed E-state index contributed by atoms with van der Waals surface area (Å²) in [4.78, 5) is 12.4. The maximum atomic E-state index is 12.4. The second-order valence-electron chi connectivity index (χ2n) is 6.77. The minimum absolute atomic E-state index is 0.172. The minimum atomic E-state index is -0.191. The summed E-state index contributed by atoms with van der Waals surface area (Å²) in [6.07, 6.45) is 2.13. The Morgan fingerprint density at radius 1 is 1.19 bits per heavy atom. The summed E-state index contributed by atoms with van der Waals surface area (Å²) in [5.41, 5.74) is 1.46. The molecule has 1 aromatic heterocycles. The molecule has 7 nitrogen and oxygen atoms in total. The summed E-state index contributed by atoms with van der Waals surface area (Å²) in [6.45, 7) is 2.84. The zero-order valence-electron chi connectivity index (χ0n) is 17.7. The largest absolute Gasteiger partial charge is 0.495 e. The molecule has 0 spiro atoms. The van der Waals surface area contributed by atoms with E-state index in [4.69, 9.17) is 21.1 Å². The van der Waals surface area contributed by atoms with Gasteiger partial charge in [-0.05, 0) is 48.9 Å². The lowest BCUT2D eigenvalue weighted by molar-refractivity contribution is -0.113. The summed E-state index contributed by atoms with van der Waals surface area (Å²) < 4.78 is 12.8. The van der Waals surface area contributed by atoms with E-state index in [-0.39, 0.29) is 11.7 Å². The summed E-state index contributed by atoms with van der Waals surface area (Å²) in [5.74, 6) is 2.09.